The van der Waals surface area contributed by atoms with Gasteiger partial charge in [0.2, 0.25) is 0 Å². The fourth-order valence-corrected chi connectivity index (χ4v) is 3.75. The predicted molar refractivity (Wildman–Crippen MR) is 99.8 cm³/mol. The summed E-state index contributed by atoms with van der Waals surface area (Å²) in [7, 11) is 0. The molecule has 0 spiro atoms. The number of pyridine rings is 1. The van der Waals surface area contributed by atoms with Crippen LogP contribution >= 0.6 is 11.6 Å². The average Bonchev–Trinajstić information content (AvgIpc) is 3.18. The van der Waals surface area contributed by atoms with Crippen molar-refractivity contribution >= 4 is 17.4 Å². The van der Waals surface area contributed by atoms with Gasteiger partial charge in [0.1, 0.15) is 18.0 Å². The van der Waals surface area contributed by atoms with E-state index in [0.717, 1.165) is 36.6 Å². The molecule has 146 valence electrons. The number of halogens is 4. The van der Waals surface area contributed by atoms with Crippen molar-refractivity contribution in [1.82, 2.24) is 19.7 Å². The Morgan fingerprint density at radius 3 is 2.39 bits per heavy atom. The summed E-state index contributed by atoms with van der Waals surface area (Å²) in [5.41, 5.74) is 0.108. The molecule has 0 atom stereocenters. The fraction of sp³-hybridized carbons (Fsp3) is 0.316. The lowest BCUT2D eigenvalue weighted by Gasteiger charge is -2.33. The third kappa shape index (κ3) is 3.69. The summed E-state index contributed by atoms with van der Waals surface area (Å²) in [4.78, 5) is 10.3. The standard InChI is InChI=1S/C19H17ClF3N5/c20-16-10-14(19(21,22)23)11-24-18(16)27-8-6-13(7-9-27)17-25-12-26-28(17)15-4-2-1-3-5-15/h1-5,10-13H,6-9H2. The summed E-state index contributed by atoms with van der Waals surface area (Å²) in [6.07, 6.45) is -0.513. The highest BCUT2D eigenvalue weighted by Crippen LogP contribution is 2.36. The van der Waals surface area contributed by atoms with Gasteiger partial charge in [0.25, 0.3) is 0 Å². The summed E-state index contributed by atoms with van der Waals surface area (Å²) in [6, 6.07) is 10.7. The van der Waals surface area contributed by atoms with Gasteiger partial charge in [-0.25, -0.2) is 14.6 Å². The van der Waals surface area contributed by atoms with E-state index in [1.165, 1.54) is 0 Å². The van der Waals surface area contributed by atoms with Crippen molar-refractivity contribution in [2.45, 2.75) is 24.9 Å². The van der Waals surface area contributed by atoms with Gasteiger partial charge in [-0.3, -0.25) is 0 Å². The van der Waals surface area contributed by atoms with Crippen molar-refractivity contribution in [2.75, 3.05) is 18.0 Å². The molecule has 0 aliphatic carbocycles. The Balaban J connectivity index is 1.49. The minimum Gasteiger partial charge on any atom is -0.355 e. The van der Waals surface area contributed by atoms with Crippen LogP contribution in [0, 0.1) is 0 Å². The third-order valence-corrected chi connectivity index (χ3v) is 5.16. The number of hydrogen-bond acceptors (Lipinski definition) is 4. The number of benzene rings is 1. The Hall–Kier alpha value is -2.61. The van der Waals surface area contributed by atoms with Crippen LogP contribution in [-0.2, 0) is 6.18 Å². The van der Waals surface area contributed by atoms with Gasteiger partial charge >= 0.3 is 6.18 Å². The first-order valence-electron chi connectivity index (χ1n) is 8.86. The topological polar surface area (TPSA) is 46.8 Å². The molecule has 1 aliphatic heterocycles. The van der Waals surface area contributed by atoms with Crippen molar-refractivity contribution in [3.8, 4) is 5.69 Å². The third-order valence-electron chi connectivity index (χ3n) is 4.88. The van der Waals surface area contributed by atoms with E-state index in [0.29, 0.717) is 18.9 Å². The smallest absolute Gasteiger partial charge is 0.355 e. The van der Waals surface area contributed by atoms with Gasteiger partial charge in [-0.1, -0.05) is 29.8 Å². The van der Waals surface area contributed by atoms with E-state index in [9.17, 15) is 13.2 Å². The molecule has 3 heterocycles. The lowest BCUT2D eigenvalue weighted by molar-refractivity contribution is -0.137. The maximum atomic E-state index is 12.8. The summed E-state index contributed by atoms with van der Waals surface area (Å²) in [5.74, 6) is 1.47. The van der Waals surface area contributed by atoms with Crippen LogP contribution < -0.4 is 4.90 Å². The highest BCUT2D eigenvalue weighted by atomic mass is 35.5. The average molecular weight is 408 g/mol. The molecule has 5 nitrogen and oxygen atoms in total. The molecule has 0 saturated carbocycles. The van der Waals surface area contributed by atoms with Gasteiger partial charge in [0, 0.05) is 25.2 Å². The molecule has 0 amide bonds. The van der Waals surface area contributed by atoms with Crippen molar-refractivity contribution in [3.63, 3.8) is 0 Å². The summed E-state index contributed by atoms with van der Waals surface area (Å²) >= 11 is 6.08. The van der Waals surface area contributed by atoms with Crippen molar-refractivity contribution < 1.29 is 13.2 Å². The molecule has 0 unspecified atom stereocenters. The van der Waals surface area contributed by atoms with E-state index in [1.807, 2.05) is 39.9 Å². The normalized spacial score (nSPS) is 15.8. The van der Waals surface area contributed by atoms with Crippen LogP contribution in [0.4, 0.5) is 19.0 Å². The highest BCUT2D eigenvalue weighted by Gasteiger charge is 2.33. The Morgan fingerprint density at radius 1 is 1.04 bits per heavy atom. The molecule has 0 bridgehead atoms. The lowest BCUT2D eigenvalue weighted by atomic mass is 9.95. The first-order chi connectivity index (χ1) is 13.4. The first-order valence-corrected chi connectivity index (χ1v) is 9.24. The minimum atomic E-state index is -4.45. The highest BCUT2D eigenvalue weighted by molar-refractivity contribution is 6.33. The summed E-state index contributed by atoms with van der Waals surface area (Å²) in [6.45, 7) is 1.26. The molecule has 0 radical (unpaired) electrons. The number of rotatable bonds is 3. The van der Waals surface area contributed by atoms with Crippen LogP contribution in [0.5, 0.6) is 0 Å². The quantitative estimate of drug-likeness (QED) is 0.630. The first kappa shape index (κ1) is 18.7. The molecule has 4 rings (SSSR count). The Morgan fingerprint density at radius 2 is 1.75 bits per heavy atom. The molecular formula is C19H17ClF3N5. The largest absolute Gasteiger partial charge is 0.417 e. The molecule has 1 saturated heterocycles. The lowest BCUT2D eigenvalue weighted by Crippen LogP contribution is -2.34. The van der Waals surface area contributed by atoms with E-state index in [4.69, 9.17) is 11.6 Å². The Labute approximate surface area is 164 Å². The molecule has 2 aromatic heterocycles. The van der Waals surface area contributed by atoms with Gasteiger partial charge in [-0.05, 0) is 31.0 Å². The second kappa shape index (κ2) is 7.43. The van der Waals surface area contributed by atoms with E-state index in [-0.39, 0.29) is 10.9 Å². The van der Waals surface area contributed by atoms with Crippen LogP contribution in [0.15, 0.2) is 48.9 Å². The Kier molecular flexibility index (Phi) is 4.97. The number of piperidine rings is 1. The number of hydrogen-bond donors (Lipinski definition) is 0. The number of anilines is 1. The van der Waals surface area contributed by atoms with Crippen LogP contribution in [-0.4, -0.2) is 32.8 Å². The van der Waals surface area contributed by atoms with Gasteiger partial charge in [-0.15, -0.1) is 0 Å². The number of aromatic nitrogens is 4. The fourth-order valence-electron chi connectivity index (χ4n) is 3.46. The second-order valence-electron chi connectivity index (χ2n) is 6.65. The zero-order chi connectivity index (χ0) is 19.7. The van der Waals surface area contributed by atoms with Gasteiger partial charge in [0.15, 0.2) is 0 Å². The molecular weight excluding hydrogens is 391 g/mol. The number of alkyl halides is 3. The zero-order valence-corrected chi connectivity index (χ0v) is 15.5. The van der Waals surface area contributed by atoms with Crippen LogP contribution in [0.2, 0.25) is 5.02 Å². The second-order valence-corrected chi connectivity index (χ2v) is 7.06. The molecule has 3 aromatic rings. The number of para-hydroxylation sites is 1. The molecule has 0 N–H and O–H groups in total. The summed E-state index contributed by atoms with van der Waals surface area (Å²) < 4.78 is 40.2. The monoisotopic (exact) mass is 407 g/mol. The molecule has 9 heteroatoms. The van der Waals surface area contributed by atoms with Crippen molar-refractivity contribution in [1.29, 1.82) is 0 Å². The van der Waals surface area contributed by atoms with Crippen LogP contribution in [0.25, 0.3) is 5.69 Å². The van der Waals surface area contributed by atoms with E-state index >= 15 is 0 Å². The predicted octanol–water partition coefficient (Wildman–Crippen LogP) is 4.72. The van der Waals surface area contributed by atoms with Crippen molar-refractivity contribution in [3.05, 3.63) is 65.3 Å². The zero-order valence-electron chi connectivity index (χ0n) is 14.8. The van der Waals surface area contributed by atoms with E-state index < -0.39 is 11.7 Å². The van der Waals surface area contributed by atoms with Gasteiger partial charge < -0.3 is 4.90 Å². The van der Waals surface area contributed by atoms with Crippen LogP contribution in [0.3, 0.4) is 0 Å². The summed E-state index contributed by atoms with van der Waals surface area (Å²) in [5, 5.41) is 4.35. The Bertz CT molecular complexity index is 950. The molecule has 1 aromatic carbocycles. The van der Waals surface area contributed by atoms with Gasteiger partial charge in [-0.2, -0.15) is 18.3 Å². The minimum absolute atomic E-state index is 0.0146. The SMILES string of the molecule is FC(F)(F)c1cnc(N2CCC(c3ncnn3-c3ccccc3)CC2)c(Cl)c1. The number of nitrogens with zero attached hydrogens (tertiary/aromatic N) is 5. The molecule has 28 heavy (non-hydrogen) atoms. The van der Waals surface area contributed by atoms with Crippen molar-refractivity contribution in [2.24, 2.45) is 0 Å². The molecule has 1 fully saturated rings. The van der Waals surface area contributed by atoms with Crippen LogP contribution in [0.1, 0.15) is 30.1 Å². The van der Waals surface area contributed by atoms with E-state index in [2.05, 4.69) is 15.1 Å². The van der Waals surface area contributed by atoms with Gasteiger partial charge in [0.05, 0.1) is 16.3 Å². The maximum absolute atomic E-state index is 12.8. The maximum Gasteiger partial charge on any atom is 0.417 e. The van der Waals surface area contributed by atoms with E-state index in [1.54, 1.807) is 6.33 Å². The molecule has 1 aliphatic rings.